The van der Waals surface area contributed by atoms with Crippen LogP contribution in [0.4, 0.5) is 0 Å². The van der Waals surface area contributed by atoms with Gasteiger partial charge in [0.15, 0.2) is 5.96 Å². The number of likely N-dealkylation sites (tertiary alicyclic amines) is 1. The number of rotatable bonds is 8. The second kappa shape index (κ2) is 10.2. The second-order valence-electron chi connectivity index (χ2n) is 7.66. The standard InChI is InChI=1S/C21H29N5O4/c22-21(23)24-9-3-7-16(12-27)25-19(28)17-8-4-10-26(17)20(29)18-11-14-5-1-2-6-15(14)13-30-18/h1-2,5-6,12,16-18H,3-4,7-11,13H2,(H,25,28)(H4,22,23,24)/t16-,17-,18?/m0/s1. The molecular formula is C21H29N5O4. The van der Waals surface area contributed by atoms with Crippen LogP contribution in [0.25, 0.3) is 0 Å². The van der Waals surface area contributed by atoms with E-state index in [0.717, 1.165) is 17.5 Å². The van der Waals surface area contributed by atoms with Crippen molar-refractivity contribution in [3.05, 3.63) is 35.4 Å². The summed E-state index contributed by atoms with van der Waals surface area (Å²) in [6.45, 7) is 1.28. The Balaban J connectivity index is 1.56. The van der Waals surface area contributed by atoms with E-state index < -0.39 is 18.2 Å². The number of hydrogen-bond acceptors (Lipinski definition) is 5. The van der Waals surface area contributed by atoms with Crippen molar-refractivity contribution >= 4 is 24.1 Å². The van der Waals surface area contributed by atoms with Crippen LogP contribution in [0.5, 0.6) is 0 Å². The van der Waals surface area contributed by atoms with E-state index in [1.54, 1.807) is 4.90 Å². The number of carbonyl (C=O) groups is 3. The van der Waals surface area contributed by atoms with E-state index in [1.165, 1.54) is 0 Å². The third kappa shape index (κ3) is 5.35. The molecule has 9 nitrogen and oxygen atoms in total. The molecule has 1 aromatic rings. The van der Waals surface area contributed by atoms with Gasteiger partial charge in [0.1, 0.15) is 18.4 Å². The zero-order chi connectivity index (χ0) is 21.5. The van der Waals surface area contributed by atoms with Crippen LogP contribution in [0.15, 0.2) is 29.3 Å². The highest BCUT2D eigenvalue weighted by Crippen LogP contribution is 2.25. The van der Waals surface area contributed by atoms with Crippen molar-refractivity contribution in [2.24, 2.45) is 16.5 Å². The Labute approximate surface area is 175 Å². The van der Waals surface area contributed by atoms with Gasteiger partial charge in [0.25, 0.3) is 5.91 Å². The van der Waals surface area contributed by atoms with Gasteiger partial charge in [-0.2, -0.15) is 0 Å². The molecule has 0 saturated carbocycles. The van der Waals surface area contributed by atoms with Crippen molar-refractivity contribution in [2.75, 3.05) is 13.1 Å². The Hall–Kier alpha value is -2.94. The van der Waals surface area contributed by atoms with E-state index in [-0.39, 0.29) is 17.8 Å². The van der Waals surface area contributed by atoms with Crippen molar-refractivity contribution in [1.82, 2.24) is 10.2 Å². The predicted octanol–water partition coefficient (Wildman–Crippen LogP) is -0.144. The van der Waals surface area contributed by atoms with Gasteiger partial charge in [0.2, 0.25) is 5.91 Å². The number of nitrogens with two attached hydrogens (primary N) is 2. The number of ether oxygens (including phenoxy) is 1. The van der Waals surface area contributed by atoms with Crippen molar-refractivity contribution in [2.45, 2.75) is 56.9 Å². The minimum Gasteiger partial charge on any atom is -0.370 e. The molecule has 2 heterocycles. The monoisotopic (exact) mass is 415 g/mol. The fraction of sp³-hybridized carbons (Fsp3) is 0.524. The number of aldehydes is 1. The fourth-order valence-corrected chi connectivity index (χ4v) is 3.97. The van der Waals surface area contributed by atoms with Gasteiger partial charge >= 0.3 is 0 Å². The summed E-state index contributed by atoms with van der Waals surface area (Å²) in [6, 6.07) is 6.68. The van der Waals surface area contributed by atoms with Crippen molar-refractivity contribution in [3.63, 3.8) is 0 Å². The lowest BCUT2D eigenvalue weighted by molar-refractivity contribution is -0.149. The van der Waals surface area contributed by atoms with Crippen molar-refractivity contribution in [3.8, 4) is 0 Å². The van der Waals surface area contributed by atoms with Crippen molar-refractivity contribution < 1.29 is 19.1 Å². The third-order valence-corrected chi connectivity index (χ3v) is 5.54. The first kappa shape index (κ1) is 21.8. The smallest absolute Gasteiger partial charge is 0.252 e. The average Bonchev–Trinajstić information content (AvgIpc) is 3.24. The average molecular weight is 415 g/mol. The lowest BCUT2D eigenvalue weighted by Gasteiger charge is -2.31. The summed E-state index contributed by atoms with van der Waals surface area (Å²) in [6.07, 6.45) is 2.91. The maximum atomic E-state index is 13.1. The Morgan fingerprint density at radius 2 is 2.07 bits per heavy atom. The Bertz CT molecular complexity index is 808. The van der Waals surface area contributed by atoms with Crippen LogP contribution in [0.3, 0.4) is 0 Å². The molecule has 3 atom stereocenters. The molecule has 1 fully saturated rings. The number of benzene rings is 1. The molecule has 5 N–H and O–H groups in total. The molecule has 1 unspecified atom stereocenters. The highest BCUT2D eigenvalue weighted by molar-refractivity contribution is 5.91. The third-order valence-electron chi connectivity index (χ3n) is 5.54. The van der Waals surface area contributed by atoms with E-state index >= 15 is 0 Å². The van der Waals surface area contributed by atoms with E-state index in [9.17, 15) is 14.4 Å². The maximum absolute atomic E-state index is 13.1. The molecule has 0 aromatic heterocycles. The first-order valence-electron chi connectivity index (χ1n) is 10.3. The van der Waals surface area contributed by atoms with Gasteiger partial charge in [-0.25, -0.2) is 0 Å². The van der Waals surface area contributed by atoms with Crippen LogP contribution in [-0.4, -0.2) is 60.2 Å². The predicted molar refractivity (Wildman–Crippen MR) is 111 cm³/mol. The lowest BCUT2D eigenvalue weighted by atomic mass is 9.98. The number of nitrogens with one attached hydrogen (secondary N) is 1. The summed E-state index contributed by atoms with van der Waals surface area (Å²) in [7, 11) is 0. The highest BCUT2D eigenvalue weighted by atomic mass is 16.5. The van der Waals surface area contributed by atoms with Gasteiger partial charge < -0.3 is 31.2 Å². The summed E-state index contributed by atoms with van der Waals surface area (Å²) < 4.78 is 5.78. The summed E-state index contributed by atoms with van der Waals surface area (Å²) in [5.41, 5.74) is 12.7. The minimum atomic E-state index is -0.637. The molecular weight excluding hydrogens is 386 g/mol. The van der Waals surface area contributed by atoms with E-state index in [2.05, 4.69) is 10.3 Å². The molecule has 1 aromatic carbocycles. The van der Waals surface area contributed by atoms with Crippen LogP contribution >= 0.6 is 0 Å². The van der Waals surface area contributed by atoms with Crippen molar-refractivity contribution in [1.29, 1.82) is 0 Å². The number of carbonyl (C=O) groups excluding carboxylic acids is 3. The van der Waals surface area contributed by atoms with E-state index in [0.29, 0.717) is 51.7 Å². The normalized spacial score (nSPS) is 21.4. The first-order chi connectivity index (χ1) is 14.5. The molecule has 162 valence electrons. The number of amides is 2. The molecule has 2 aliphatic rings. The molecule has 0 radical (unpaired) electrons. The zero-order valence-corrected chi connectivity index (χ0v) is 17.0. The Morgan fingerprint density at radius 1 is 1.30 bits per heavy atom. The van der Waals surface area contributed by atoms with Gasteiger partial charge in [0.05, 0.1) is 12.6 Å². The Kier molecular flexibility index (Phi) is 7.40. The molecule has 2 aliphatic heterocycles. The van der Waals surface area contributed by atoms with Gasteiger partial charge in [-0.05, 0) is 36.8 Å². The topological polar surface area (TPSA) is 140 Å². The maximum Gasteiger partial charge on any atom is 0.252 e. The molecule has 0 bridgehead atoms. The fourth-order valence-electron chi connectivity index (χ4n) is 3.97. The van der Waals surface area contributed by atoms with Gasteiger partial charge in [-0.3, -0.25) is 14.6 Å². The molecule has 1 saturated heterocycles. The Morgan fingerprint density at radius 3 is 2.80 bits per heavy atom. The van der Waals surface area contributed by atoms with Crippen LogP contribution in [0.2, 0.25) is 0 Å². The summed E-state index contributed by atoms with van der Waals surface area (Å²) in [5, 5.41) is 2.75. The number of fused-ring (bicyclic) bond motifs is 1. The summed E-state index contributed by atoms with van der Waals surface area (Å²) in [4.78, 5) is 42.7. The zero-order valence-electron chi connectivity index (χ0n) is 17.0. The van der Waals surface area contributed by atoms with Gasteiger partial charge in [0, 0.05) is 19.5 Å². The van der Waals surface area contributed by atoms with Gasteiger partial charge in [-0.1, -0.05) is 24.3 Å². The van der Waals surface area contributed by atoms with E-state index in [1.807, 2.05) is 24.3 Å². The molecule has 0 spiro atoms. The number of aliphatic imine (C=N–C) groups is 1. The van der Waals surface area contributed by atoms with Crippen LogP contribution < -0.4 is 16.8 Å². The quantitative estimate of drug-likeness (QED) is 0.234. The lowest BCUT2D eigenvalue weighted by Crippen LogP contribution is -2.52. The number of nitrogens with zero attached hydrogens (tertiary/aromatic N) is 2. The van der Waals surface area contributed by atoms with Crippen LogP contribution in [0.1, 0.15) is 36.8 Å². The molecule has 3 rings (SSSR count). The summed E-state index contributed by atoms with van der Waals surface area (Å²) in [5.74, 6) is -0.483. The first-order valence-corrected chi connectivity index (χ1v) is 10.3. The molecule has 2 amide bonds. The second-order valence-corrected chi connectivity index (χ2v) is 7.66. The SMILES string of the molecule is NC(N)=NCCC[C@@H](C=O)NC(=O)[C@@H]1CCCN1C(=O)C1Cc2ccccc2CO1. The summed E-state index contributed by atoms with van der Waals surface area (Å²) >= 11 is 0. The number of hydrogen-bond donors (Lipinski definition) is 3. The molecule has 0 aliphatic carbocycles. The molecule has 30 heavy (non-hydrogen) atoms. The molecule has 9 heteroatoms. The highest BCUT2D eigenvalue weighted by Gasteiger charge is 2.39. The number of guanidine groups is 1. The largest absolute Gasteiger partial charge is 0.370 e. The minimum absolute atomic E-state index is 0.00523. The van der Waals surface area contributed by atoms with Crippen LogP contribution in [-0.2, 0) is 32.1 Å². The van der Waals surface area contributed by atoms with Crippen LogP contribution in [0, 0.1) is 0 Å². The van der Waals surface area contributed by atoms with Gasteiger partial charge in [-0.15, -0.1) is 0 Å². The van der Waals surface area contributed by atoms with E-state index in [4.69, 9.17) is 16.2 Å².